The Morgan fingerprint density at radius 3 is 2.75 bits per heavy atom. The molecule has 2 rings (SSSR count). The highest BCUT2D eigenvalue weighted by Crippen LogP contribution is 2.36. The SMILES string of the molecule is CC[C@]1(C(=O)O)CCCN1C1CCNCC1. The van der Waals surface area contributed by atoms with Crippen LogP contribution < -0.4 is 5.32 Å². The van der Waals surface area contributed by atoms with Crippen LogP contribution in [-0.2, 0) is 4.79 Å². The number of hydrogen-bond acceptors (Lipinski definition) is 3. The molecule has 0 radical (unpaired) electrons. The van der Waals surface area contributed by atoms with E-state index in [0.29, 0.717) is 6.04 Å². The number of likely N-dealkylation sites (tertiary alicyclic amines) is 1. The lowest BCUT2D eigenvalue weighted by Gasteiger charge is -2.41. The first-order valence-electron chi connectivity index (χ1n) is 6.41. The van der Waals surface area contributed by atoms with Crippen molar-refractivity contribution in [3.05, 3.63) is 0 Å². The number of rotatable bonds is 3. The molecule has 0 spiro atoms. The molecule has 2 N–H and O–H groups in total. The number of carboxylic acids is 1. The standard InChI is InChI=1S/C12H22N2O2/c1-2-12(11(15)16)6-3-9-14(12)10-4-7-13-8-5-10/h10,13H,2-9H2,1H3,(H,15,16)/t12-/m1/s1. The van der Waals surface area contributed by atoms with Crippen LogP contribution in [0.3, 0.4) is 0 Å². The fourth-order valence-corrected chi connectivity index (χ4v) is 3.31. The Morgan fingerprint density at radius 1 is 1.50 bits per heavy atom. The number of nitrogens with zero attached hydrogens (tertiary/aromatic N) is 1. The lowest BCUT2D eigenvalue weighted by atomic mass is 9.90. The number of nitrogens with one attached hydrogen (secondary N) is 1. The molecule has 2 aliphatic rings. The molecule has 2 saturated heterocycles. The third kappa shape index (κ3) is 1.84. The molecular formula is C12H22N2O2. The largest absolute Gasteiger partial charge is 0.480 e. The normalized spacial score (nSPS) is 33.1. The maximum absolute atomic E-state index is 11.6. The Bertz CT molecular complexity index is 264. The molecule has 2 heterocycles. The van der Waals surface area contributed by atoms with Gasteiger partial charge in [-0.15, -0.1) is 0 Å². The van der Waals surface area contributed by atoms with Gasteiger partial charge >= 0.3 is 5.97 Å². The first-order chi connectivity index (χ1) is 7.70. The van der Waals surface area contributed by atoms with Crippen LogP contribution in [0.4, 0.5) is 0 Å². The van der Waals surface area contributed by atoms with E-state index in [-0.39, 0.29) is 0 Å². The molecule has 0 aliphatic carbocycles. The Morgan fingerprint density at radius 2 is 2.19 bits per heavy atom. The van der Waals surface area contributed by atoms with Crippen LogP contribution in [-0.4, -0.2) is 47.2 Å². The van der Waals surface area contributed by atoms with E-state index in [2.05, 4.69) is 10.2 Å². The highest BCUT2D eigenvalue weighted by molar-refractivity contribution is 5.79. The molecule has 0 amide bonds. The molecule has 0 saturated carbocycles. The number of hydrogen-bond donors (Lipinski definition) is 2. The molecule has 0 aromatic carbocycles. The van der Waals surface area contributed by atoms with E-state index in [1.165, 1.54) is 0 Å². The number of piperidine rings is 1. The van der Waals surface area contributed by atoms with Crippen molar-refractivity contribution in [1.29, 1.82) is 0 Å². The number of aliphatic carboxylic acids is 1. The second-order valence-electron chi connectivity index (χ2n) is 4.97. The smallest absolute Gasteiger partial charge is 0.324 e. The quantitative estimate of drug-likeness (QED) is 0.756. The van der Waals surface area contributed by atoms with Crippen LogP contribution >= 0.6 is 0 Å². The fourth-order valence-electron chi connectivity index (χ4n) is 3.31. The summed E-state index contributed by atoms with van der Waals surface area (Å²) in [5, 5.41) is 12.8. The second kappa shape index (κ2) is 4.72. The van der Waals surface area contributed by atoms with Crippen molar-refractivity contribution in [2.75, 3.05) is 19.6 Å². The molecule has 2 fully saturated rings. The zero-order chi connectivity index (χ0) is 11.6. The van der Waals surface area contributed by atoms with E-state index in [1.54, 1.807) is 0 Å². The van der Waals surface area contributed by atoms with Gasteiger partial charge in [-0.05, 0) is 51.7 Å². The van der Waals surface area contributed by atoms with Gasteiger partial charge in [-0.2, -0.15) is 0 Å². The second-order valence-corrected chi connectivity index (χ2v) is 4.97. The maximum Gasteiger partial charge on any atom is 0.324 e. The summed E-state index contributed by atoms with van der Waals surface area (Å²) in [5.41, 5.74) is -0.567. The summed E-state index contributed by atoms with van der Waals surface area (Å²) in [7, 11) is 0. The molecular weight excluding hydrogens is 204 g/mol. The van der Waals surface area contributed by atoms with Crippen molar-refractivity contribution >= 4 is 5.97 Å². The molecule has 92 valence electrons. The monoisotopic (exact) mass is 226 g/mol. The molecule has 1 atom stereocenters. The highest BCUT2D eigenvalue weighted by Gasteiger charge is 2.48. The van der Waals surface area contributed by atoms with Gasteiger partial charge in [-0.3, -0.25) is 9.69 Å². The van der Waals surface area contributed by atoms with Gasteiger partial charge in [0.15, 0.2) is 0 Å². The summed E-state index contributed by atoms with van der Waals surface area (Å²) in [4.78, 5) is 13.8. The van der Waals surface area contributed by atoms with Gasteiger partial charge in [0.25, 0.3) is 0 Å². The Hall–Kier alpha value is -0.610. The average molecular weight is 226 g/mol. The Labute approximate surface area is 97.0 Å². The fraction of sp³-hybridized carbons (Fsp3) is 0.917. The average Bonchev–Trinajstić information content (AvgIpc) is 2.75. The minimum atomic E-state index is -0.619. The van der Waals surface area contributed by atoms with Gasteiger partial charge in [0, 0.05) is 6.04 Å². The van der Waals surface area contributed by atoms with Crippen LogP contribution in [0.1, 0.15) is 39.0 Å². The van der Waals surface area contributed by atoms with Crippen LogP contribution in [0.25, 0.3) is 0 Å². The number of carbonyl (C=O) groups is 1. The van der Waals surface area contributed by atoms with E-state index in [1.807, 2.05) is 6.92 Å². The van der Waals surface area contributed by atoms with Crippen molar-refractivity contribution in [2.24, 2.45) is 0 Å². The zero-order valence-electron chi connectivity index (χ0n) is 10.0. The number of carboxylic acid groups (broad SMARTS) is 1. The minimum absolute atomic E-state index is 0.472. The lowest BCUT2D eigenvalue weighted by Crippen LogP contribution is -2.56. The van der Waals surface area contributed by atoms with Gasteiger partial charge in [0.2, 0.25) is 0 Å². The molecule has 16 heavy (non-hydrogen) atoms. The topological polar surface area (TPSA) is 52.6 Å². The summed E-state index contributed by atoms with van der Waals surface area (Å²) >= 11 is 0. The van der Waals surface area contributed by atoms with E-state index in [0.717, 1.165) is 51.7 Å². The third-order valence-corrected chi connectivity index (χ3v) is 4.27. The summed E-state index contributed by atoms with van der Waals surface area (Å²) in [6.07, 6.45) is 4.77. The highest BCUT2D eigenvalue weighted by atomic mass is 16.4. The Kier molecular flexibility index (Phi) is 3.50. The van der Waals surface area contributed by atoms with E-state index in [4.69, 9.17) is 0 Å². The van der Waals surface area contributed by atoms with Crippen LogP contribution in [0, 0.1) is 0 Å². The van der Waals surface area contributed by atoms with E-state index >= 15 is 0 Å². The first kappa shape index (κ1) is 11.9. The van der Waals surface area contributed by atoms with Crippen LogP contribution in [0.2, 0.25) is 0 Å². The molecule has 4 heteroatoms. The predicted molar refractivity (Wildman–Crippen MR) is 62.5 cm³/mol. The summed E-state index contributed by atoms with van der Waals surface area (Å²) in [6, 6.07) is 0.472. The van der Waals surface area contributed by atoms with Crippen molar-refractivity contribution in [1.82, 2.24) is 10.2 Å². The molecule has 0 bridgehead atoms. The van der Waals surface area contributed by atoms with E-state index in [9.17, 15) is 9.90 Å². The molecule has 0 unspecified atom stereocenters. The van der Waals surface area contributed by atoms with Crippen LogP contribution in [0.15, 0.2) is 0 Å². The van der Waals surface area contributed by atoms with Gasteiger partial charge in [-0.1, -0.05) is 6.92 Å². The maximum atomic E-state index is 11.6. The van der Waals surface area contributed by atoms with Gasteiger partial charge in [0.1, 0.15) is 5.54 Å². The van der Waals surface area contributed by atoms with Crippen LogP contribution in [0.5, 0.6) is 0 Å². The van der Waals surface area contributed by atoms with Crippen molar-refractivity contribution in [2.45, 2.75) is 50.6 Å². The van der Waals surface area contributed by atoms with Crippen molar-refractivity contribution in [3.8, 4) is 0 Å². The van der Waals surface area contributed by atoms with Crippen molar-refractivity contribution < 1.29 is 9.90 Å². The first-order valence-corrected chi connectivity index (χ1v) is 6.41. The van der Waals surface area contributed by atoms with Gasteiger partial charge < -0.3 is 10.4 Å². The zero-order valence-corrected chi connectivity index (χ0v) is 10.0. The van der Waals surface area contributed by atoms with Crippen molar-refractivity contribution in [3.63, 3.8) is 0 Å². The van der Waals surface area contributed by atoms with Gasteiger partial charge in [-0.25, -0.2) is 0 Å². The molecule has 4 nitrogen and oxygen atoms in total. The minimum Gasteiger partial charge on any atom is -0.480 e. The van der Waals surface area contributed by atoms with Gasteiger partial charge in [0.05, 0.1) is 0 Å². The lowest BCUT2D eigenvalue weighted by molar-refractivity contribution is -0.151. The Balaban J connectivity index is 2.14. The summed E-state index contributed by atoms with van der Waals surface area (Å²) in [6.45, 7) is 5.03. The molecule has 0 aromatic rings. The van der Waals surface area contributed by atoms with E-state index < -0.39 is 11.5 Å². The summed E-state index contributed by atoms with van der Waals surface area (Å²) in [5.74, 6) is -0.619. The summed E-state index contributed by atoms with van der Waals surface area (Å²) < 4.78 is 0. The molecule has 0 aromatic heterocycles. The predicted octanol–water partition coefficient (Wildman–Crippen LogP) is 1.07. The third-order valence-electron chi connectivity index (χ3n) is 4.27. The molecule has 2 aliphatic heterocycles.